The topological polar surface area (TPSA) is 81.5 Å². The summed E-state index contributed by atoms with van der Waals surface area (Å²) < 4.78 is 5.77. The molecule has 0 bridgehead atoms. The highest BCUT2D eigenvalue weighted by Gasteiger charge is 2.17. The number of hydrogen-bond acceptors (Lipinski definition) is 4. The molecule has 0 saturated heterocycles. The fourth-order valence-corrected chi connectivity index (χ4v) is 2.79. The van der Waals surface area contributed by atoms with E-state index in [0.717, 1.165) is 5.56 Å². The molecular formula is C20H14Cl2N2O4. The predicted molar refractivity (Wildman–Crippen MR) is 108 cm³/mol. The van der Waals surface area contributed by atoms with Gasteiger partial charge in [-0.2, -0.15) is 0 Å². The van der Waals surface area contributed by atoms with Crippen LogP contribution in [0.25, 0.3) is 0 Å². The summed E-state index contributed by atoms with van der Waals surface area (Å²) in [5.74, 6) is -0.222. The second-order valence-corrected chi connectivity index (χ2v) is 6.63. The Labute approximate surface area is 170 Å². The summed E-state index contributed by atoms with van der Waals surface area (Å²) in [4.78, 5) is 23.1. The average Bonchev–Trinajstić information content (AvgIpc) is 2.69. The molecule has 3 aromatic carbocycles. The lowest BCUT2D eigenvalue weighted by Gasteiger charge is -2.13. The van der Waals surface area contributed by atoms with Crippen molar-refractivity contribution in [1.29, 1.82) is 0 Å². The summed E-state index contributed by atoms with van der Waals surface area (Å²) in [7, 11) is 0. The van der Waals surface area contributed by atoms with Gasteiger partial charge < -0.3 is 10.1 Å². The van der Waals surface area contributed by atoms with Crippen molar-refractivity contribution in [2.45, 2.75) is 6.61 Å². The molecule has 0 aliphatic rings. The normalized spacial score (nSPS) is 10.4. The molecule has 0 atom stereocenters. The van der Waals surface area contributed by atoms with Gasteiger partial charge in [-0.3, -0.25) is 14.9 Å². The Morgan fingerprint density at radius 3 is 2.50 bits per heavy atom. The minimum atomic E-state index is -0.570. The van der Waals surface area contributed by atoms with Crippen LogP contribution in [0.1, 0.15) is 15.9 Å². The van der Waals surface area contributed by atoms with Gasteiger partial charge in [-0.25, -0.2) is 0 Å². The molecular weight excluding hydrogens is 403 g/mol. The monoisotopic (exact) mass is 416 g/mol. The Morgan fingerprint density at radius 2 is 1.79 bits per heavy atom. The van der Waals surface area contributed by atoms with E-state index in [1.807, 2.05) is 30.3 Å². The van der Waals surface area contributed by atoms with Crippen molar-refractivity contribution in [3.05, 3.63) is 98.0 Å². The first-order chi connectivity index (χ1) is 13.4. The van der Waals surface area contributed by atoms with Crippen molar-refractivity contribution in [1.82, 2.24) is 0 Å². The number of carbonyl (C=O) groups excluding carboxylic acids is 1. The highest BCUT2D eigenvalue weighted by molar-refractivity contribution is 6.34. The van der Waals surface area contributed by atoms with E-state index in [-0.39, 0.29) is 28.6 Å². The van der Waals surface area contributed by atoms with E-state index in [0.29, 0.717) is 10.8 Å². The van der Waals surface area contributed by atoms with E-state index in [1.165, 1.54) is 24.3 Å². The van der Waals surface area contributed by atoms with Crippen LogP contribution in [0.15, 0.2) is 66.7 Å². The number of rotatable bonds is 6. The van der Waals surface area contributed by atoms with Crippen LogP contribution in [0.4, 0.5) is 11.4 Å². The Balaban J connectivity index is 1.84. The van der Waals surface area contributed by atoms with Crippen LogP contribution in [-0.4, -0.2) is 10.8 Å². The zero-order valence-electron chi connectivity index (χ0n) is 14.4. The number of anilines is 1. The Morgan fingerprint density at radius 1 is 1.04 bits per heavy atom. The quantitative estimate of drug-likeness (QED) is 0.410. The first-order valence-electron chi connectivity index (χ1n) is 8.15. The third-order valence-electron chi connectivity index (χ3n) is 3.83. The number of amides is 1. The van der Waals surface area contributed by atoms with Gasteiger partial charge in [0.1, 0.15) is 12.4 Å². The molecule has 0 fully saturated rings. The van der Waals surface area contributed by atoms with Crippen molar-refractivity contribution in [2.24, 2.45) is 0 Å². The molecule has 6 nitrogen and oxygen atoms in total. The minimum absolute atomic E-state index is 0.120. The lowest BCUT2D eigenvalue weighted by molar-refractivity contribution is -0.384. The predicted octanol–water partition coefficient (Wildman–Crippen LogP) is 5.73. The van der Waals surface area contributed by atoms with Crippen LogP contribution >= 0.6 is 23.2 Å². The maximum absolute atomic E-state index is 12.8. The van der Waals surface area contributed by atoms with Gasteiger partial charge >= 0.3 is 0 Å². The van der Waals surface area contributed by atoms with Crippen LogP contribution in [0.3, 0.4) is 0 Å². The molecule has 0 aromatic heterocycles. The SMILES string of the molecule is O=C(Nc1cc([N+](=O)[O-])ccc1Cl)c1cc(Cl)ccc1OCc1ccccc1. The molecule has 142 valence electrons. The van der Waals surface area contributed by atoms with Crippen molar-refractivity contribution >= 4 is 40.5 Å². The number of nitro benzene ring substituents is 1. The van der Waals surface area contributed by atoms with E-state index in [4.69, 9.17) is 27.9 Å². The van der Waals surface area contributed by atoms with Gasteiger partial charge in [-0.15, -0.1) is 0 Å². The van der Waals surface area contributed by atoms with Crippen molar-refractivity contribution in [2.75, 3.05) is 5.32 Å². The van der Waals surface area contributed by atoms with E-state index in [9.17, 15) is 14.9 Å². The number of halogens is 2. The van der Waals surface area contributed by atoms with E-state index >= 15 is 0 Å². The van der Waals surface area contributed by atoms with Crippen LogP contribution < -0.4 is 10.1 Å². The summed E-state index contributed by atoms with van der Waals surface area (Å²) in [6.07, 6.45) is 0. The number of nitrogens with zero attached hydrogens (tertiary/aromatic N) is 1. The van der Waals surface area contributed by atoms with Gasteiger partial charge in [-0.05, 0) is 29.8 Å². The van der Waals surface area contributed by atoms with E-state index < -0.39 is 10.8 Å². The summed E-state index contributed by atoms with van der Waals surface area (Å²) >= 11 is 12.1. The zero-order valence-corrected chi connectivity index (χ0v) is 15.9. The molecule has 0 aliphatic heterocycles. The minimum Gasteiger partial charge on any atom is -0.488 e. The van der Waals surface area contributed by atoms with Crippen LogP contribution in [0.2, 0.25) is 10.0 Å². The number of nitrogens with one attached hydrogen (secondary N) is 1. The summed E-state index contributed by atoms with van der Waals surface area (Å²) in [5, 5.41) is 14.0. The molecule has 0 spiro atoms. The van der Waals surface area contributed by atoms with Gasteiger partial charge in [0.25, 0.3) is 11.6 Å². The molecule has 0 radical (unpaired) electrons. The van der Waals surface area contributed by atoms with Gasteiger partial charge in [0.2, 0.25) is 0 Å². The van der Waals surface area contributed by atoms with Crippen LogP contribution in [0.5, 0.6) is 5.75 Å². The maximum atomic E-state index is 12.8. The molecule has 0 saturated carbocycles. The number of non-ortho nitro benzene ring substituents is 1. The number of ether oxygens (including phenoxy) is 1. The first-order valence-corrected chi connectivity index (χ1v) is 8.91. The Hall–Kier alpha value is -3.09. The largest absolute Gasteiger partial charge is 0.488 e. The van der Waals surface area contributed by atoms with Crippen molar-refractivity contribution in [3.63, 3.8) is 0 Å². The third kappa shape index (κ3) is 4.79. The second kappa shape index (κ2) is 8.73. The summed E-state index contributed by atoms with van der Waals surface area (Å²) in [6.45, 7) is 0.264. The first kappa shape index (κ1) is 19.7. The highest BCUT2D eigenvalue weighted by atomic mass is 35.5. The number of carbonyl (C=O) groups is 1. The molecule has 1 amide bonds. The maximum Gasteiger partial charge on any atom is 0.271 e. The number of nitro groups is 1. The van der Waals surface area contributed by atoms with Crippen molar-refractivity contribution < 1.29 is 14.5 Å². The highest BCUT2D eigenvalue weighted by Crippen LogP contribution is 2.29. The van der Waals surface area contributed by atoms with Gasteiger partial charge in [0, 0.05) is 17.2 Å². The van der Waals surface area contributed by atoms with E-state index in [2.05, 4.69) is 5.32 Å². The van der Waals surface area contributed by atoms with Crippen molar-refractivity contribution in [3.8, 4) is 5.75 Å². The molecule has 1 N–H and O–H groups in total. The second-order valence-electron chi connectivity index (χ2n) is 5.79. The summed E-state index contributed by atoms with van der Waals surface area (Å²) in [5.41, 5.74) is 1.05. The molecule has 28 heavy (non-hydrogen) atoms. The molecule has 0 unspecified atom stereocenters. The lowest BCUT2D eigenvalue weighted by Crippen LogP contribution is -2.14. The van der Waals surface area contributed by atoms with Crippen LogP contribution in [0, 0.1) is 10.1 Å². The fraction of sp³-hybridized carbons (Fsp3) is 0.0500. The fourth-order valence-electron chi connectivity index (χ4n) is 2.45. The molecule has 0 heterocycles. The molecule has 3 aromatic rings. The molecule has 8 heteroatoms. The van der Waals surface area contributed by atoms with Gasteiger partial charge in [0.15, 0.2) is 0 Å². The smallest absolute Gasteiger partial charge is 0.271 e. The number of benzene rings is 3. The van der Waals surface area contributed by atoms with Gasteiger partial charge in [-0.1, -0.05) is 53.5 Å². The average molecular weight is 417 g/mol. The standard InChI is InChI=1S/C20H14Cl2N2O4/c21-14-6-9-19(28-12-13-4-2-1-3-5-13)16(10-14)20(25)23-18-11-15(24(26)27)7-8-17(18)22/h1-11H,12H2,(H,23,25). The van der Waals surface area contributed by atoms with Gasteiger partial charge in [0.05, 0.1) is 21.2 Å². The Bertz CT molecular complexity index is 1030. The zero-order chi connectivity index (χ0) is 20.1. The lowest BCUT2D eigenvalue weighted by atomic mass is 10.1. The molecule has 0 aliphatic carbocycles. The van der Waals surface area contributed by atoms with E-state index in [1.54, 1.807) is 12.1 Å². The summed E-state index contributed by atoms with van der Waals surface area (Å²) in [6, 6.07) is 17.9. The number of hydrogen-bond donors (Lipinski definition) is 1. The third-order valence-corrected chi connectivity index (χ3v) is 4.40. The van der Waals surface area contributed by atoms with Crippen LogP contribution in [-0.2, 0) is 6.61 Å². The Kier molecular flexibility index (Phi) is 6.13. The molecule has 3 rings (SSSR count).